The Kier molecular flexibility index (Phi) is 4.31. The summed E-state index contributed by atoms with van der Waals surface area (Å²) in [7, 11) is 1.89. The molecule has 2 aromatic rings. The molecule has 1 N–H and O–H groups in total. The Morgan fingerprint density at radius 1 is 1.50 bits per heavy atom. The van der Waals surface area contributed by atoms with E-state index in [2.05, 4.69) is 4.98 Å². The van der Waals surface area contributed by atoms with E-state index in [1.807, 2.05) is 18.9 Å². The first-order valence-corrected chi connectivity index (χ1v) is 6.89. The van der Waals surface area contributed by atoms with Gasteiger partial charge in [0.25, 0.3) is 5.69 Å². The zero-order chi connectivity index (χ0) is 14.7. The van der Waals surface area contributed by atoms with Gasteiger partial charge in [0.15, 0.2) is 0 Å². The zero-order valence-corrected chi connectivity index (χ0v) is 12.1. The van der Waals surface area contributed by atoms with Crippen molar-refractivity contribution in [1.29, 1.82) is 0 Å². The molecule has 6 nitrogen and oxygen atoms in total. The van der Waals surface area contributed by atoms with Gasteiger partial charge >= 0.3 is 0 Å². The van der Waals surface area contributed by atoms with E-state index < -0.39 is 4.92 Å². The van der Waals surface area contributed by atoms with Crippen LogP contribution in [0.4, 0.5) is 11.4 Å². The van der Waals surface area contributed by atoms with Crippen molar-refractivity contribution in [3.63, 3.8) is 0 Å². The number of hydrogen-bond donors (Lipinski definition) is 1. The largest absolute Gasteiger partial charge is 0.392 e. The normalized spacial score (nSPS) is 10.6. The standard InChI is InChI=1S/C13H15N3O3S/c1-9-13(20-8-14-9)6-15(2)12-4-3-11(16(18)19)5-10(12)7-17/h3-5,8,17H,6-7H2,1-2H3. The molecule has 1 aromatic heterocycles. The minimum atomic E-state index is -0.462. The predicted molar refractivity (Wildman–Crippen MR) is 78.0 cm³/mol. The van der Waals surface area contributed by atoms with E-state index in [1.165, 1.54) is 12.1 Å². The first-order valence-electron chi connectivity index (χ1n) is 6.01. The number of nitrogens with zero attached hydrogens (tertiary/aromatic N) is 3. The molecule has 0 aliphatic rings. The van der Waals surface area contributed by atoms with Crippen LogP contribution in [0.1, 0.15) is 16.1 Å². The monoisotopic (exact) mass is 293 g/mol. The molecule has 106 valence electrons. The highest BCUT2D eigenvalue weighted by Crippen LogP contribution is 2.27. The van der Waals surface area contributed by atoms with Crippen LogP contribution in [0.2, 0.25) is 0 Å². The Morgan fingerprint density at radius 2 is 2.25 bits per heavy atom. The maximum atomic E-state index is 10.8. The Hall–Kier alpha value is -1.99. The number of benzene rings is 1. The highest BCUT2D eigenvalue weighted by Gasteiger charge is 2.14. The molecule has 0 aliphatic heterocycles. The van der Waals surface area contributed by atoms with Gasteiger partial charge in [-0.15, -0.1) is 11.3 Å². The number of aliphatic hydroxyl groups is 1. The highest BCUT2D eigenvalue weighted by atomic mass is 32.1. The van der Waals surface area contributed by atoms with Crippen molar-refractivity contribution < 1.29 is 10.0 Å². The topological polar surface area (TPSA) is 79.5 Å². The minimum absolute atomic E-state index is 0.0137. The molecule has 0 bridgehead atoms. The van der Waals surface area contributed by atoms with Crippen molar-refractivity contribution in [3.8, 4) is 0 Å². The molecule has 0 amide bonds. The lowest BCUT2D eigenvalue weighted by Crippen LogP contribution is -2.18. The molecule has 1 heterocycles. The van der Waals surface area contributed by atoms with Gasteiger partial charge in [-0.05, 0) is 13.0 Å². The summed E-state index contributed by atoms with van der Waals surface area (Å²) in [6, 6.07) is 4.52. The third-order valence-electron chi connectivity index (χ3n) is 3.08. The van der Waals surface area contributed by atoms with Crippen molar-refractivity contribution in [1.82, 2.24) is 4.98 Å². The van der Waals surface area contributed by atoms with Gasteiger partial charge in [-0.25, -0.2) is 4.98 Å². The molecule has 0 saturated heterocycles. The van der Waals surface area contributed by atoms with Crippen LogP contribution >= 0.6 is 11.3 Å². The lowest BCUT2D eigenvalue weighted by atomic mass is 10.1. The van der Waals surface area contributed by atoms with Crippen molar-refractivity contribution in [2.45, 2.75) is 20.1 Å². The van der Waals surface area contributed by atoms with Crippen LogP contribution in [0.3, 0.4) is 0 Å². The van der Waals surface area contributed by atoms with Gasteiger partial charge in [0.1, 0.15) is 0 Å². The van der Waals surface area contributed by atoms with Gasteiger partial charge < -0.3 is 10.0 Å². The van der Waals surface area contributed by atoms with E-state index in [9.17, 15) is 15.2 Å². The van der Waals surface area contributed by atoms with Gasteiger partial charge in [-0.3, -0.25) is 10.1 Å². The average Bonchev–Trinajstić information content (AvgIpc) is 2.83. The van der Waals surface area contributed by atoms with Crippen molar-refractivity contribution in [2.24, 2.45) is 0 Å². The smallest absolute Gasteiger partial charge is 0.269 e. The number of anilines is 1. The Bertz CT molecular complexity index is 627. The number of thiazole rings is 1. The molecule has 0 aliphatic carbocycles. The Morgan fingerprint density at radius 3 is 2.80 bits per heavy atom. The van der Waals surface area contributed by atoms with Crippen LogP contribution < -0.4 is 4.90 Å². The second-order valence-electron chi connectivity index (χ2n) is 4.45. The van der Waals surface area contributed by atoms with Crippen LogP contribution in [0, 0.1) is 17.0 Å². The summed E-state index contributed by atoms with van der Waals surface area (Å²) in [6.07, 6.45) is 0. The van der Waals surface area contributed by atoms with E-state index in [4.69, 9.17) is 0 Å². The van der Waals surface area contributed by atoms with E-state index in [0.29, 0.717) is 12.1 Å². The van der Waals surface area contributed by atoms with Gasteiger partial charge in [0, 0.05) is 35.3 Å². The number of non-ortho nitro benzene ring substituents is 1. The van der Waals surface area contributed by atoms with Crippen LogP contribution in [0.15, 0.2) is 23.7 Å². The second-order valence-corrected chi connectivity index (χ2v) is 5.38. The van der Waals surface area contributed by atoms with Crippen LogP contribution in [-0.4, -0.2) is 22.1 Å². The van der Waals surface area contributed by atoms with Gasteiger partial charge in [0.05, 0.1) is 29.3 Å². The molecule has 20 heavy (non-hydrogen) atoms. The third-order valence-corrected chi connectivity index (χ3v) is 4.00. The summed E-state index contributed by atoms with van der Waals surface area (Å²) in [5, 5.41) is 20.2. The lowest BCUT2D eigenvalue weighted by molar-refractivity contribution is -0.384. The van der Waals surface area contributed by atoms with E-state index in [1.54, 1.807) is 22.9 Å². The summed E-state index contributed by atoms with van der Waals surface area (Å²) < 4.78 is 0. The summed E-state index contributed by atoms with van der Waals surface area (Å²) >= 11 is 1.57. The molecule has 7 heteroatoms. The minimum Gasteiger partial charge on any atom is -0.392 e. The number of aliphatic hydroxyl groups excluding tert-OH is 1. The maximum Gasteiger partial charge on any atom is 0.269 e. The summed E-state index contributed by atoms with van der Waals surface area (Å²) in [6.45, 7) is 2.37. The molecule has 0 fully saturated rings. The van der Waals surface area contributed by atoms with E-state index in [-0.39, 0.29) is 12.3 Å². The van der Waals surface area contributed by atoms with Gasteiger partial charge in [-0.2, -0.15) is 0 Å². The molecular formula is C13H15N3O3S. The zero-order valence-electron chi connectivity index (χ0n) is 11.2. The molecule has 0 saturated carbocycles. The quantitative estimate of drug-likeness (QED) is 0.676. The lowest BCUT2D eigenvalue weighted by Gasteiger charge is -2.21. The molecule has 0 spiro atoms. The van der Waals surface area contributed by atoms with E-state index in [0.717, 1.165) is 16.3 Å². The van der Waals surface area contributed by atoms with Crippen molar-refractivity contribution in [2.75, 3.05) is 11.9 Å². The van der Waals surface area contributed by atoms with Crippen molar-refractivity contribution >= 4 is 22.7 Å². The SMILES string of the molecule is Cc1ncsc1CN(C)c1ccc([N+](=O)[O-])cc1CO. The van der Waals surface area contributed by atoms with E-state index >= 15 is 0 Å². The highest BCUT2D eigenvalue weighted by molar-refractivity contribution is 7.09. The van der Waals surface area contributed by atoms with Gasteiger partial charge in [0.2, 0.25) is 0 Å². The molecule has 2 rings (SSSR count). The number of nitro benzene ring substituents is 1. The fraction of sp³-hybridized carbons (Fsp3) is 0.308. The fourth-order valence-electron chi connectivity index (χ4n) is 1.96. The first kappa shape index (κ1) is 14.4. The molecular weight excluding hydrogens is 278 g/mol. The summed E-state index contributed by atoms with van der Waals surface area (Å²) in [4.78, 5) is 17.6. The molecule has 1 aromatic carbocycles. The number of hydrogen-bond acceptors (Lipinski definition) is 6. The third kappa shape index (κ3) is 2.94. The molecule has 0 radical (unpaired) electrons. The maximum absolute atomic E-state index is 10.8. The predicted octanol–water partition coefficient (Wildman–Crippen LogP) is 2.49. The fourth-order valence-corrected chi connectivity index (χ4v) is 2.79. The Labute approximate surface area is 120 Å². The van der Waals surface area contributed by atoms with Crippen LogP contribution in [0.5, 0.6) is 0 Å². The van der Waals surface area contributed by atoms with Crippen molar-refractivity contribution in [3.05, 3.63) is 50.0 Å². The second kappa shape index (κ2) is 5.98. The summed E-state index contributed by atoms with van der Waals surface area (Å²) in [5.74, 6) is 0. The molecule has 0 atom stereocenters. The van der Waals surface area contributed by atoms with Crippen LogP contribution in [-0.2, 0) is 13.2 Å². The average molecular weight is 293 g/mol. The number of aryl methyl sites for hydroxylation is 1. The summed E-state index contributed by atoms with van der Waals surface area (Å²) in [5.41, 5.74) is 4.09. The first-order chi connectivity index (χ1) is 9.52. The Balaban J connectivity index is 2.27. The number of nitro groups is 1. The van der Waals surface area contributed by atoms with Gasteiger partial charge in [-0.1, -0.05) is 0 Å². The molecule has 0 unspecified atom stereocenters. The number of aromatic nitrogens is 1. The van der Waals surface area contributed by atoms with Crippen LogP contribution in [0.25, 0.3) is 0 Å². The number of rotatable bonds is 5.